The van der Waals surface area contributed by atoms with Gasteiger partial charge in [-0.2, -0.15) is 0 Å². The topological polar surface area (TPSA) is 66.8 Å². The number of benzene rings is 1. The first-order valence-corrected chi connectivity index (χ1v) is 7.51. The van der Waals surface area contributed by atoms with Gasteiger partial charge in [-0.15, -0.1) is 0 Å². The van der Waals surface area contributed by atoms with Gasteiger partial charge >= 0.3 is 5.97 Å². The number of carboxylic acids is 1. The average Bonchev–Trinajstić information content (AvgIpc) is 2.91. The molecule has 0 aliphatic carbocycles. The Kier molecular flexibility index (Phi) is 4.74. The first-order valence-electron chi connectivity index (χ1n) is 7.51. The lowest BCUT2D eigenvalue weighted by Gasteiger charge is -2.22. The Bertz CT molecular complexity index is 554. The number of methoxy groups -OCH3 is 1. The van der Waals surface area contributed by atoms with Crippen LogP contribution >= 0.6 is 0 Å². The van der Waals surface area contributed by atoms with E-state index in [0.29, 0.717) is 25.9 Å². The van der Waals surface area contributed by atoms with Gasteiger partial charge in [0.15, 0.2) is 0 Å². The van der Waals surface area contributed by atoms with Crippen molar-refractivity contribution in [2.24, 2.45) is 5.41 Å². The molecule has 1 aliphatic heterocycles. The first-order chi connectivity index (χ1) is 10.4. The molecule has 0 radical (unpaired) electrons. The molecule has 22 heavy (non-hydrogen) atoms. The molecule has 1 aliphatic rings. The van der Waals surface area contributed by atoms with Gasteiger partial charge < -0.3 is 14.7 Å². The molecule has 5 heteroatoms. The normalized spacial score (nSPS) is 22.4. The Morgan fingerprint density at radius 2 is 2.00 bits per heavy atom. The quantitative estimate of drug-likeness (QED) is 0.907. The predicted octanol–water partition coefficient (Wildman–Crippen LogP) is 2.51. The van der Waals surface area contributed by atoms with Crippen LogP contribution in [-0.4, -0.2) is 42.1 Å². The number of carbonyl (C=O) groups is 2. The average molecular weight is 305 g/mol. The van der Waals surface area contributed by atoms with Crippen molar-refractivity contribution in [3.05, 3.63) is 29.8 Å². The van der Waals surface area contributed by atoms with E-state index >= 15 is 0 Å². The lowest BCUT2D eigenvalue weighted by atomic mass is 9.90. The summed E-state index contributed by atoms with van der Waals surface area (Å²) in [4.78, 5) is 25.3. The summed E-state index contributed by atoms with van der Waals surface area (Å²) in [6.45, 7) is 4.54. The minimum atomic E-state index is -0.828. The molecule has 1 fully saturated rings. The molecule has 0 spiro atoms. The largest absolute Gasteiger partial charge is 0.497 e. The van der Waals surface area contributed by atoms with E-state index in [2.05, 4.69) is 0 Å². The second kappa shape index (κ2) is 6.38. The zero-order chi connectivity index (χ0) is 16.3. The highest BCUT2D eigenvalue weighted by molar-refractivity contribution is 5.81. The number of hydrogen-bond donors (Lipinski definition) is 1. The molecule has 2 atom stereocenters. The smallest absolute Gasteiger partial charge is 0.311 e. The molecule has 2 rings (SSSR count). The van der Waals surface area contributed by atoms with Crippen molar-refractivity contribution in [1.29, 1.82) is 0 Å². The predicted molar refractivity (Wildman–Crippen MR) is 83.0 cm³/mol. The summed E-state index contributed by atoms with van der Waals surface area (Å²) in [6.07, 6.45) is 0.910. The molecular formula is C17H23NO4. The number of hydrogen-bond acceptors (Lipinski definition) is 3. The summed E-state index contributed by atoms with van der Waals surface area (Å²) >= 11 is 0. The molecule has 1 aromatic carbocycles. The molecule has 1 amide bonds. The summed E-state index contributed by atoms with van der Waals surface area (Å²) < 4.78 is 5.13. The van der Waals surface area contributed by atoms with E-state index in [0.717, 1.165) is 11.3 Å². The van der Waals surface area contributed by atoms with Gasteiger partial charge in [0, 0.05) is 19.5 Å². The number of carbonyl (C=O) groups excluding carboxylic acids is 1. The lowest BCUT2D eigenvalue weighted by Crippen LogP contribution is -2.35. The molecule has 0 saturated carbocycles. The summed E-state index contributed by atoms with van der Waals surface area (Å²) in [5, 5.41) is 9.23. The highest BCUT2D eigenvalue weighted by atomic mass is 16.5. The van der Waals surface area contributed by atoms with E-state index in [4.69, 9.17) is 4.74 Å². The number of likely N-dealkylation sites (tertiary alicyclic amines) is 1. The Morgan fingerprint density at radius 3 is 2.50 bits per heavy atom. The second-order valence-corrected chi connectivity index (χ2v) is 6.31. The Hall–Kier alpha value is -2.04. The van der Waals surface area contributed by atoms with Crippen LogP contribution in [0.25, 0.3) is 0 Å². The highest BCUT2D eigenvalue weighted by Gasteiger charge is 2.42. The molecule has 0 aromatic heterocycles. The van der Waals surface area contributed by atoms with Crippen LogP contribution in [0.3, 0.4) is 0 Å². The Balaban J connectivity index is 1.95. The van der Waals surface area contributed by atoms with Crippen LogP contribution in [0.2, 0.25) is 0 Å². The molecule has 1 aromatic rings. The fraction of sp³-hybridized carbons (Fsp3) is 0.529. The minimum Gasteiger partial charge on any atom is -0.497 e. The van der Waals surface area contributed by atoms with Gasteiger partial charge in [-0.05, 0) is 37.0 Å². The van der Waals surface area contributed by atoms with Crippen molar-refractivity contribution >= 4 is 11.9 Å². The highest BCUT2D eigenvalue weighted by Crippen LogP contribution is 2.31. The molecule has 120 valence electrons. The van der Waals surface area contributed by atoms with Crippen LogP contribution in [0, 0.1) is 5.41 Å². The van der Waals surface area contributed by atoms with Crippen LogP contribution < -0.4 is 4.74 Å². The van der Waals surface area contributed by atoms with Crippen molar-refractivity contribution in [3.8, 4) is 5.75 Å². The van der Waals surface area contributed by atoms with Crippen LogP contribution in [0.15, 0.2) is 24.3 Å². The van der Waals surface area contributed by atoms with Crippen molar-refractivity contribution in [2.45, 2.75) is 32.6 Å². The molecule has 1 N–H and O–H groups in total. The lowest BCUT2D eigenvalue weighted by molar-refractivity contribution is -0.147. The first kappa shape index (κ1) is 16.3. The molecule has 1 saturated heterocycles. The van der Waals surface area contributed by atoms with Gasteiger partial charge in [0.05, 0.1) is 12.5 Å². The van der Waals surface area contributed by atoms with Crippen LogP contribution in [0.4, 0.5) is 0 Å². The minimum absolute atomic E-state index is 0.0216. The van der Waals surface area contributed by atoms with Gasteiger partial charge in [0.25, 0.3) is 0 Å². The van der Waals surface area contributed by atoms with E-state index < -0.39 is 11.4 Å². The van der Waals surface area contributed by atoms with E-state index in [9.17, 15) is 14.7 Å². The van der Waals surface area contributed by atoms with Gasteiger partial charge in [-0.3, -0.25) is 9.59 Å². The zero-order valence-corrected chi connectivity index (χ0v) is 13.3. The van der Waals surface area contributed by atoms with E-state index in [1.54, 1.807) is 18.9 Å². The number of amides is 1. The molecule has 0 bridgehead atoms. The van der Waals surface area contributed by atoms with Gasteiger partial charge in [0.2, 0.25) is 5.91 Å². The summed E-state index contributed by atoms with van der Waals surface area (Å²) in [7, 11) is 1.62. The maximum absolute atomic E-state index is 12.4. The molecule has 0 unspecified atom stereocenters. The Labute approximate surface area is 130 Å². The number of aliphatic carboxylic acids is 1. The van der Waals surface area contributed by atoms with Crippen molar-refractivity contribution in [1.82, 2.24) is 4.90 Å². The van der Waals surface area contributed by atoms with E-state index in [1.165, 1.54) is 0 Å². The fourth-order valence-electron chi connectivity index (χ4n) is 2.79. The third-order valence-corrected chi connectivity index (χ3v) is 4.51. The Morgan fingerprint density at radius 1 is 1.36 bits per heavy atom. The maximum atomic E-state index is 12.4. The second-order valence-electron chi connectivity index (χ2n) is 6.31. The fourth-order valence-corrected chi connectivity index (χ4v) is 2.79. The van der Waals surface area contributed by atoms with Gasteiger partial charge in [-0.1, -0.05) is 19.1 Å². The van der Waals surface area contributed by atoms with E-state index in [1.807, 2.05) is 31.2 Å². The van der Waals surface area contributed by atoms with Crippen molar-refractivity contribution in [2.75, 3.05) is 20.2 Å². The number of rotatable bonds is 5. The number of ether oxygens (including phenoxy) is 1. The summed E-state index contributed by atoms with van der Waals surface area (Å²) in [5.74, 6) is 0.0773. The van der Waals surface area contributed by atoms with Crippen molar-refractivity contribution in [3.63, 3.8) is 0 Å². The monoisotopic (exact) mass is 305 g/mol. The van der Waals surface area contributed by atoms with Crippen LogP contribution in [0.5, 0.6) is 5.75 Å². The van der Waals surface area contributed by atoms with Gasteiger partial charge in [0.1, 0.15) is 5.75 Å². The van der Waals surface area contributed by atoms with Crippen LogP contribution in [-0.2, 0) is 9.59 Å². The maximum Gasteiger partial charge on any atom is 0.311 e. The third-order valence-electron chi connectivity index (χ3n) is 4.51. The van der Waals surface area contributed by atoms with Crippen molar-refractivity contribution < 1.29 is 19.4 Å². The summed E-state index contributed by atoms with van der Waals surface area (Å²) in [5.41, 5.74) is 0.272. The van der Waals surface area contributed by atoms with Gasteiger partial charge in [-0.25, -0.2) is 0 Å². The number of carboxylic acid groups (broad SMARTS) is 1. The molecule has 5 nitrogen and oxygen atoms in total. The van der Waals surface area contributed by atoms with E-state index in [-0.39, 0.29) is 11.8 Å². The zero-order valence-electron chi connectivity index (χ0n) is 13.3. The third kappa shape index (κ3) is 3.40. The van der Waals surface area contributed by atoms with Crippen LogP contribution in [0.1, 0.15) is 38.2 Å². The molecular weight excluding hydrogens is 282 g/mol. The number of nitrogens with zero attached hydrogens (tertiary/aromatic N) is 1. The SMILES string of the molecule is COc1ccc([C@@H](C)CC(=O)N2CC[C@@](C)(C(=O)O)C2)cc1. The molecule has 1 heterocycles. The standard InChI is InChI=1S/C17H23NO4/c1-12(13-4-6-14(22-3)7-5-13)10-15(19)18-9-8-17(2,11-18)16(20)21/h4-7,12H,8-11H2,1-3H3,(H,20,21)/t12-,17+/m0/s1. The summed E-state index contributed by atoms with van der Waals surface area (Å²) in [6, 6.07) is 7.69.